The smallest absolute Gasteiger partial charge is 0.267 e. The lowest BCUT2D eigenvalue weighted by molar-refractivity contribution is 0.457. The second-order valence-electron chi connectivity index (χ2n) is 4.38. The van der Waals surface area contributed by atoms with Crippen LogP contribution in [0, 0.1) is 6.92 Å². The fourth-order valence-electron chi connectivity index (χ4n) is 1.74. The number of hydrogen-bond donors (Lipinski definition) is 2. The molecule has 0 radical (unpaired) electrons. The van der Waals surface area contributed by atoms with Gasteiger partial charge in [0, 0.05) is 6.07 Å². The van der Waals surface area contributed by atoms with Gasteiger partial charge in [-0.15, -0.1) is 5.10 Å². The van der Waals surface area contributed by atoms with E-state index in [9.17, 15) is 8.42 Å². The van der Waals surface area contributed by atoms with Gasteiger partial charge in [0.15, 0.2) is 0 Å². The molecular weight excluding hydrogens is 294 g/mol. The van der Waals surface area contributed by atoms with E-state index in [-0.39, 0.29) is 10.8 Å². The maximum Gasteiger partial charge on any atom is 0.267 e. The van der Waals surface area contributed by atoms with Crippen LogP contribution < -0.4 is 10.0 Å². The standard InChI is InChI=1S/C12H17N5O3S/c1-3-4-13-8-10-7-11(9(2)20-10)21(18,19)17-12-14-5-6-15-16-12/h5-7,13H,3-4,8H2,1-2H3,(H,14,16,17). The third-order valence-electron chi connectivity index (χ3n) is 2.65. The van der Waals surface area contributed by atoms with E-state index in [2.05, 4.69) is 25.2 Å². The lowest BCUT2D eigenvalue weighted by atomic mass is 10.4. The van der Waals surface area contributed by atoms with Crippen molar-refractivity contribution >= 4 is 16.0 Å². The van der Waals surface area contributed by atoms with Gasteiger partial charge in [0.1, 0.15) is 16.4 Å². The predicted molar refractivity (Wildman–Crippen MR) is 76.1 cm³/mol. The lowest BCUT2D eigenvalue weighted by Crippen LogP contribution is -2.15. The van der Waals surface area contributed by atoms with E-state index >= 15 is 0 Å². The Kier molecular flexibility index (Phi) is 4.86. The minimum atomic E-state index is -3.79. The zero-order chi connectivity index (χ0) is 15.3. The first kappa shape index (κ1) is 15.4. The number of aryl methyl sites for hydroxylation is 1. The van der Waals surface area contributed by atoms with Crippen LogP contribution in [0.4, 0.5) is 5.95 Å². The zero-order valence-electron chi connectivity index (χ0n) is 11.8. The quantitative estimate of drug-likeness (QED) is 0.736. The molecule has 2 aromatic rings. The van der Waals surface area contributed by atoms with Gasteiger partial charge in [0.05, 0.1) is 18.9 Å². The Hall–Kier alpha value is -2.00. The van der Waals surface area contributed by atoms with Crippen LogP contribution in [0.2, 0.25) is 0 Å². The molecule has 2 N–H and O–H groups in total. The van der Waals surface area contributed by atoms with Crippen LogP contribution in [-0.2, 0) is 16.6 Å². The molecule has 0 aliphatic rings. The fraction of sp³-hybridized carbons (Fsp3) is 0.417. The van der Waals surface area contributed by atoms with Crippen molar-refractivity contribution in [3.63, 3.8) is 0 Å². The summed E-state index contributed by atoms with van der Waals surface area (Å²) in [6.45, 7) is 4.97. The molecule has 21 heavy (non-hydrogen) atoms. The van der Waals surface area contributed by atoms with Gasteiger partial charge in [-0.3, -0.25) is 0 Å². The summed E-state index contributed by atoms with van der Waals surface area (Å²) in [6, 6.07) is 1.50. The molecule has 2 heterocycles. The minimum absolute atomic E-state index is 0.0725. The van der Waals surface area contributed by atoms with Crippen molar-refractivity contribution in [2.24, 2.45) is 0 Å². The van der Waals surface area contributed by atoms with Crippen molar-refractivity contribution in [3.05, 3.63) is 30.0 Å². The molecule has 0 unspecified atom stereocenters. The first-order chi connectivity index (χ1) is 10.0. The molecule has 0 aromatic carbocycles. The van der Waals surface area contributed by atoms with Gasteiger partial charge in [-0.1, -0.05) is 6.92 Å². The second kappa shape index (κ2) is 6.64. The molecule has 0 bridgehead atoms. The summed E-state index contributed by atoms with van der Waals surface area (Å²) >= 11 is 0. The zero-order valence-corrected chi connectivity index (χ0v) is 12.6. The van der Waals surface area contributed by atoms with E-state index in [1.165, 1.54) is 18.5 Å². The van der Waals surface area contributed by atoms with Gasteiger partial charge in [-0.05, 0) is 19.9 Å². The SMILES string of the molecule is CCCNCc1cc(S(=O)(=O)Nc2nccnn2)c(C)o1. The van der Waals surface area contributed by atoms with Gasteiger partial charge in [0.2, 0.25) is 0 Å². The number of anilines is 1. The van der Waals surface area contributed by atoms with Crippen molar-refractivity contribution in [3.8, 4) is 0 Å². The Morgan fingerprint density at radius 3 is 2.81 bits per heavy atom. The third kappa shape index (κ3) is 3.99. The average molecular weight is 311 g/mol. The van der Waals surface area contributed by atoms with Gasteiger partial charge < -0.3 is 9.73 Å². The highest BCUT2D eigenvalue weighted by atomic mass is 32.2. The number of furan rings is 1. The van der Waals surface area contributed by atoms with Crippen molar-refractivity contribution in [1.29, 1.82) is 0 Å². The van der Waals surface area contributed by atoms with Gasteiger partial charge in [-0.2, -0.15) is 5.10 Å². The highest BCUT2D eigenvalue weighted by molar-refractivity contribution is 7.92. The Bertz CT molecular complexity index is 684. The van der Waals surface area contributed by atoms with Crippen LogP contribution in [0.15, 0.2) is 27.8 Å². The molecule has 0 saturated carbocycles. The number of aromatic nitrogens is 3. The maximum atomic E-state index is 12.3. The Morgan fingerprint density at radius 1 is 1.33 bits per heavy atom. The summed E-state index contributed by atoms with van der Waals surface area (Å²) in [5.74, 6) is 0.803. The summed E-state index contributed by atoms with van der Waals surface area (Å²) in [7, 11) is -3.79. The second-order valence-corrected chi connectivity index (χ2v) is 6.03. The molecule has 114 valence electrons. The number of nitrogens with zero attached hydrogens (tertiary/aromatic N) is 3. The maximum absolute atomic E-state index is 12.3. The summed E-state index contributed by atoms with van der Waals surface area (Å²) in [4.78, 5) is 3.85. The van der Waals surface area contributed by atoms with Gasteiger partial charge >= 0.3 is 0 Å². The molecular formula is C12H17N5O3S. The monoisotopic (exact) mass is 311 g/mol. The number of rotatable bonds is 7. The predicted octanol–water partition coefficient (Wildman–Crippen LogP) is 1.07. The van der Waals surface area contributed by atoms with E-state index in [0.717, 1.165) is 13.0 Å². The Balaban J connectivity index is 2.16. The minimum Gasteiger partial charge on any atom is -0.464 e. The van der Waals surface area contributed by atoms with Crippen molar-refractivity contribution < 1.29 is 12.8 Å². The average Bonchev–Trinajstić information content (AvgIpc) is 2.82. The van der Waals surface area contributed by atoms with Crippen molar-refractivity contribution in [1.82, 2.24) is 20.5 Å². The normalized spacial score (nSPS) is 11.5. The molecule has 0 fully saturated rings. The molecule has 0 saturated heterocycles. The molecule has 2 aromatic heterocycles. The molecule has 0 aliphatic heterocycles. The first-order valence-corrected chi connectivity index (χ1v) is 7.98. The Labute approximate surface area is 123 Å². The van der Waals surface area contributed by atoms with E-state index in [4.69, 9.17) is 4.42 Å². The molecule has 8 nitrogen and oxygen atoms in total. The fourth-order valence-corrected chi connectivity index (χ4v) is 2.89. The molecule has 9 heteroatoms. The van der Waals surface area contributed by atoms with Crippen molar-refractivity contribution in [2.75, 3.05) is 11.3 Å². The summed E-state index contributed by atoms with van der Waals surface area (Å²) in [5, 5.41) is 10.3. The molecule has 0 spiro atoms. The lowest BCUT2D eigenvalue weighted by Gasteiger charge is -2.03. The van der Waals surface area contributed by atoms with Crippen LogP contribution in [0.1, 0.15) is 24.9 Å². The van der Waals surface area contributed by atoms with Crippen LogP contribution >= 0.6 is 0 Å². The van der Waals surface area contributed by atoms with Crippen LogP contribution in [0.25, 0.3) is 0 Å². The summed E-state index contributed by atoms with van der Waals surface area (Å²) in [5.41, 5.74) is 0. The number of sulfonamides is 1. The van der Waals surface area contributed by atoms with E-state index in [1.54, 1.807) is 6.92 Å². The highest BCUT2D eigenvalue weighted by Crippen LogP contribution is 2.21. The molecule has 0 atom stereocenters. The van der Waals surface area contributed by atoms with Crippen molar-refractivity contribution in [2.45, 2.75) is 31.7 Å². The van der Waals surface area contributed by atoms with Crippen LogP contribution in [0.5, 0.6) is 0 Å². The van der Waals surface area contributed by atoms with E-state index in [1.807, 2.05) is 6.92 Å². The molecule has 0 amide bonds. The molecule has 2 rings (SSSR count). The number of nitrogens with one attached hydrogen (secondary N) is 2. The highest BCUT2D eigenvalue weighted by Gasteiger charge is 2.22. The number of hydrogen-bond acceptors (Lipinski definition) is 7. The Morgan fingerprint density at radius 2 is 2.14 bits per heavy atom. The topological polar surface area (TPSA) is 110 Å². The van der Waals surface area contributed by atoms with E-state index in [0.29, 0.717) is 18.1 Å². The van der Waals surface area contributed by atoms with Crippen LogP contribution in [-0.4, -0.2) is 30.1 Å². The molecule has 0 aliphatic carbocycles. The summed E-state index contributed by atoms with van der Waals surface area (Å²) in [6.07, 6.45) is 3.70. The van der Waals surface area contributed by atoms with Crippen LogP contribution in [0.3, 0.4) is 0 Å². The van der Waals surface area contributed by atoms with Gasteiger partial charge in [0.25, 0.3) is 16.0 Å². The summed E-state index contributed by atoms with van der Waals surface area (Å²) < 4.78 is 32.2. The first-order valence-electron chi connectivity index (χ1n) is 6.49. The third-order valence-corrected chi connectivity index (χ3v) is 4.08. The van der Waals surface area contributed by atoms with E-state index < -0.39 is 10.0 Å². The largest absolute Gasteiger partial charge is 0.464 e. The van der Waals surface area contributed by atoms with Gasteiger partial charge in [-0.25, -0.2) is 18.1 Å².